The minimum absolute atomic E-state index is 0.0192. The van der Waals surface area contributed by atoms with Gasteiger partial charge in [-0.05, 0) is 30.5 Å². The molecule has 3 aromatic heterocycles. The normalized spacial score (nSPS) is 16.9. The van der Waals surface area contributed by atoms with Gasteiger partial charge < -0.3 is 52.8 Å². The number of aromatic nitrogens is 4. The number of carbonyl (C=O) groups is 5. The molecule has 2 aliphatic rings. The van der Waals surface area contributed by atoms with E-state index in [2.05, 4.69) is 31.1 Å². The van der Waals surface area contributed by atoms with Gasteiger partial charge in [-0.15, -0.1) is 23.1 Å². The Bertz CT molecular complexity index is 2270. The van der Waals surface area contributed by atoms with Crippen molar-refractivity contribution in [3.05, 3.63) is 74.7 Å². The van der Waals surface area contributed by atoms with Gasteiger partial charge in [0, 0.05) is 37.2 Å². The van der Waals surface area contributed by atoms with Crippen molar-refractivity contribution in [2.75, 3.05) is 35.6 Å². The summed E-state index contributed by atoms with van der Waals surface area (Å²) < 4.78 is 2.04. The zero-order valence-electron chi connectivity index (χ0n) is 29.7. The predicted octanol–water partition coefficient (Wildman–Crippen LogP) is -1.18. The molecule has 296 valence electrons. The highest BCUT2D eigenvalue weighted by atomic mass is 32.2. The maximum Gasteiger partial charge on any atom is 0.352 e. The van der Waals surface area contributed by atoms with E-state index in [9.17, 15) is 49.3 Å². The van der Waals surface area contributed by atoms with Gasteiger partial charge in [0.1, 0.15) is 46.9 Å². The molecule has 3 amide bonds. The number of carboxylic acids is 2. The summed E-state index contributed by atoms with van der Waals surface area (Å²) in [4.78, 5) is 89.2. The number of nitrogen functional groups attached to an aromatic ring is 2. The van der Waals surface area contributed by atoms with Gasteiger partial charge in [0.05, 0.1) is 6.20 Å². The largest absolute Gasteiger partial charge is 0.503 e. The Morgan fingerprint density at radius 1 is 1.18 bits per heavy atom. The quantitative estimate of drug-likeness (QED) is 0.0218. The zero-order chi connectivity index (χ0) is 41.1. The summed E-state index contributed by atoms with van der Waals surface area (Å²) in [5, 5.41) is 51.2. The van der Waals surface area contributed by atoms with Gasteiger partial charge in [-0.3, -0.25) is 24.1 Å². The summed E-state index contributed by atoms with van der Waals surface area (Å²) in [6, 6.07) is -0.363. The third-order valence-electron chi connectivity index (χ3n) is 8.20. The van der Waals surface area contributed by atoms with Crippen LogP contribution in [-0.4, -0.2) is 111 Å². The number of nitrogens with zero attached hydrogens (tertiary/aromatic N) is 6. The number of carbonyl (C=O) groups excluding carboxylic acids is 3. The summed E-state index contributed by atoms with van der Waals surface area (Å²) >= 11 is 2.21. The maximum atomic E-state index is 13.3. The summed E-state index contributed by atoms with van der Waals surface area (Å²) in [6.45, 7) is 4.56. The fourth-order valence-electron chi connectivity index (χ4n) is 5.17. The number of rotatable bonds is 15. The first-order valence-corrected chi connectivity index (χ1v) is 18.3. The van der Waals surface area contributed by atoms with Gasteiger partial charge in [-0.2, -0.15) is 4.73 Å². The summed E-state index contributed by atoms with van der Waals surface area (Å²) in [5.74, 6) is -4.98. The third-order valence-corrected chi connectivity index (χ3v) is 10.2. The molecule has 11 N–H and O–H groups in total. The van der Waals surface area contributed by atoms with Gasteiger partial charge in [-0.1, -0.05) is 11.2 Å². The standard InChI is InChI=1S/C32H35N11O11S2/c1-14-37-24(33)16(35-6-7-36-25(46)18-9-19(44)20(45)11-42(18)53)10-41(14)8-4-5-15-12-55-28-22(27(48)43(28)23(15)29(49)50)39-26(47)21(17-13-56-31(34)38-17)40-54-32(2,3)30(51)52/h4-5,9-11,13,22,28,33,35,53H,6-8,12H2,1-3H3,(H7,34,36,38,39,45,46,47,49,50,51,52)/p+1/b5-4+,40-21-/t22-,28?/m1/s1. The molecule has 1 fully saturated rings. The number of amides is 3. The molecule has 0 spiro atoms. The molecule has 5 heterocycles. The first-order valence-electron chi connectivity index (χ1n) is 16.3. The molecule has 56 heavy (non-hydrogen) atoms. The van der Waals surface area contributed by atoms with Crippen LogP contribution in [0.4, 0.5) is 16.6 Å². The Hall–Kier alpha value is -6.69. The minimum atomic E-state index is -1.81. The summed E-state index contributed by atoms with van der Waals surface area (Å²) in [5.41, 5.74) is 8.79. The van der Waals surface area contributed by atoms with Crippen LogP contribution in [0.25, 0.3) is 0 Å². The third kappa shape index (κ3) is 8.65. The maximum absolute atomic E-state index is 13.3. The Kier molecular flexibility index (Phi) is 11.8. The van der Waals surface area contributed by atoms with Crippen LogP contribution in [0.2, 0.25) is 0 Å². The highest BCUT2D eigenvalue weighted by Gasteiger charge is 2.54. The second-order valence-electron chi connectivity index (χ2n) is 12.5. The highest BCUT2D eigenvalue weighted by molar-refractivity contribution is 8.00. The lowest BCUT2D eigenvalue weighted by atomic mass is 10.0. The smallest absolute Gasteiger partial charge is 0.352 e. The number of oxime groups is 1. The average Bonchev–Trinajstić information content (AvgIpc) is 3.56. The molecular weight excluding hydrogens is 779 g/mol. The molecule has 5 rings (SSSR count). The van der Waals surface area contributed by atoms with Crippen LogP contribution in [0.3, 0.4) is 0 Å². The number of allylic oxidation sites excluding steroid dienone is 2. The van der Waals surface area contributed by atoms with Crippen molar-refractivity contribution in [3.63, 3.8) is 0 Å². The van der Waals surface area contributed by atoms with Crippen LogP contribution in [0, 0.1) is 6.92 Å². The van der Waals surface area contributed by atoms with Crippen LogP contribution >= 0.6 is 23.1 Å². The van der Waals surface area contributed by atoms with E-state index in [1.54, 1.807) is 29.8 Å². The van der Waals surface area contributed by atoms with Crippen LogP contribution in [0.15, 0.2) is 57.2 Å². The number of aryl methyl sites for hydroxylation is 1. The monoisotopic (exact) mass is 814 g/mol. The Morgan fingerprint density at radius 3 is 2.57 bits per heavy atom. The number of nitrogens with one attached hydrogen (secondary N) is 3. The molecule has 0 aliphatic carbocycles. The van der Waals surface area contributed by atoms with Crippen molar-refractivity contribution in [1.29, 1.82) is 0 Å². The van der Waals surface area contributed by atoms with Crippen LogP contribution in [0.1, 0.15) is 35.9 Å². The average molecular weight is 815 g/mol. The van der Waals surface area contributed by atoms with E-state index in [4.69, 9.17) is 16.3 Å². The molecule has 0 saturated carbocycles. The number of hydrogen-bond acceptors (Lipinski definition) is 17. The summed E-state index contributed by atoms with van der Waals surface area (Å²) in [6.07, 6.45) is 5.60. The topological polar surface area (TPSA) is 331 Å². The number of aromatic hydroxyl groups is 1. The fraction of sp³-hybridized carbons (Fsp3) is 0.312. The first-order chi connectivity index (χ1) is 26.4. The second kappa shape index (κ2) is 16.4. The lowest BCUT2D eigenvalue weighted by molar-refractivity contribution is -0.695. The number of hydrogen-bond donors (Lipinski definition) is 9. The van der Waals surface area contributed by atoms with Gasteiger partial charge in [0.2, 0.25) is 11.0 Å². The van der Waals surface area contributed by atoms with E-state index in [0.717, 1.165) is 22.3 Å². The molecule has 2 aliphatic heterocycles. The number of pyridine rings is 1. The number of fused-ring (bicyclic) bond motifs is 1. The molecule has 22 nitrogen and oxygen atoms in total. The molecule has 24 heteroatoms. The van der Waals surface area contributed by atoms with Crippen LogP contribution < -0.4 is 37.4 Å². The molecule has 1 saturated heterocycles. The van der Waals surface area contributed by atoms with E-state index in [1.165, 1.54) is 31.0 Å². The molecule has 1 unspecified atom stereocenters. The summed E-state index contributed by atoms with van der Waals surface area (Å²) in [7, 11) is 0. The van der Waals surface area contributed by atoms with Gasteiger partial charge >= 0.3 is 11.9 Å². The van der Waals surface area contributed by atoms with E-state index in [0.29, 0.717) is 28.0 Å². The molecule has 0 bridgehead atoms. The Labute approximate surface area is 324 Å². The molecule has 0 radical (unpaired) electrons. The predicted molar refractivity (Wildman–Crippen MR) is 199 cm³/mol. The highest BCUT2D eigenvalue weighted by Crippen LogP contribution is 2.40. The van der Waals surface area contributed by atoms with Crippen molar-refractivity contribution < 1.29 is 53.9 Å². The number of thioether (sulfide) groups is 1. The molecule has 0 aromatic carbocycles. The Morgan fingerprint density at radius 2 is 1.91 bits per heavy atom. The Balaban J connectivity index is 1.23. The van der Waals surface area contributed by atoms with Crippen molar-refractivity contribution >= 4 is 75.1 Å². The van der Waals surface area contributed by atoms with E-state index in [-0.39, 0.29) is 53.4 Å². The van der Waals surface area contributed by atoms with Crippen LogP contribution in [0.5, 0.6) is 5.75 Å². The SMILES string of the molecule is Cc1nc(N)c(NCCNC(=O)c2cc(=O)c(O)cn2O)c[n+]1C/C=C/C1=C(C(=O)O)N2C(=O)[C@@H](NC(=O)/C(=N\OC(C)(C)C(=O)O)c3csc(N)n3)C2SC1. The molecule has 2 atom stereocenters. The number of anilines is 3. The van der Waals surface area contributed by atoms with E-state index < -0.39 is 63.6 Å². The lowest BCUT2D eigenvalue weighted by Gasteiger charge is -2.49. The number of β-lactam (4-membered cyclic amide) rings is 1. The number of carboxylic acid groups (broad SMARTS) is 2. The molecular formula is C32H36N11O11S2+. The zero-order valence-corrected chi connectivity index (χ0v) is 31.4. The van der Waals surface area contributed by atoms with Crippen molar-refractivity contribution in [3.8, 4) is 5.75 Å². The van der Waals surface area contributed by atoms with Gasteiger partial charge in [0.25, 0.3) is 29.4 Å². The lowest BCUT2D eigenvalue weighted by Crippen LogP contribution is -2.71. The van der Waals surface area contributed by atoms with Gasteiger partial charge in [-0.25, -0.2) is 19.1 Å². The number of thiazole rings is 1. The minimum Gasteiger partial charge on any atom is -0.503 e. The second-order valence-corrected chi connectivity index (χ2v) is 14.5. The van der Waals surface area contributed by atoms with Crippen molar-refractivity contribution in [2.45, 2.75) is 44.3 Å². The van der Waals surface area contributed by atoms with Crippen LogP contribution in [-0.2, 0) is 30.6 Å². The van der Waals surface area contributed by atoms with Gasteiger partial charge in [0.15, 0.2) is 16.6 Å². The van der Waals surface area contributed by atoms with Crippen molar-refractivity contribution in [2.24, 2.45) is 5.16 Å². The first kappa shape index (κ1) is 40.5. The van der Waals surface area contributed by atoms with E-state index >= 15 is 0 Å². The fourth-order valence-corrected chi connectivity index (χ4v) is 7.04. The number of nitrogens with two attached hydrogens (primary N) is 2. The number of aliphatic carboxylic acids is 2. The van der Waals surface area contributed by atoms with Crippen molar-refractivity contribution in [1.82, 2.24) is 30.2 Å². The molecule has 3 aromatic rings. The van der Waals surface area contributed by atoms with E-state index in [1.807, 2.05) is 0 Å².